The molecule has 0 aliphatic heterocycles. The molecule has 0 aliphatic carbocycles. The van der Waals surface area contributed by atoms with Gasteiger partial charge in [-0.1, -0.05) is 91.0 Å². The van der Waals surface area contributed by atoms with Crippen LogP contribution in [0.5, 0.6) is 0 Å². The molecule has 0 bridgehead atoms. The van der Waals surface area contributed by atoms with Gasteiger partial charge in [-0.25, -0.2) is 4.85 Å². The standard InChI is InChI=1S/C51H25F3N4O2/c1-56-36-16-10-15-35(51(52,53)54)47(36)48-39(57-37-17-6-2-11-29(37)31-21-23-43-45(49(31)57)33-13-4-8-19-41(33)59-43)25-28(27-55)26-40(48)58-38-18-7-3-12-30(38)32-22-24-44-46(50(32)58)34-14-5-9-20-42(34)60-44/h2-26H. The summed E-state index contributed by atoms with van der Waals surface area (Å²) >= 11 is 0. The molecule has 0 spiro atoms. The number of rotatable bonds is 3. The molecule has 4 heterocycles. The van der Waals surface area contributed by atoms with Crippen LogP contribution >= 0.6 is 0 Å². The Hall–Kier alpha value is -8.27. The zero-order valence-corrected chi connectivity index (χ0v) is 31.2. The molecular formula is C51H25F3N4O2. The van der Waals surface area contributed by atoms with Crippen LogP contribution in [0.25, 0.3) is 115 Å². The average molecular weight is 783 g/mol. The second-order valence-electron chi connectivity index (χ2n) is 14.9. The number of alkyl halides is 3. The molecule has 4 aromatic heterocycles. The molecule has 8 aromatic carbocycles. The molecule has 6 nitrogen and oxygen atoms in total. The number of nitriles is 1. The normalized spacial score (nSPS) is 12.2. The third-order valence-corrected chi connectivity index (χ3v) is 11.8. The zero-order valence-electron chi connectivity index (χ0n) is 31.2. The van der Waals surface area contributed by atoms with Crippen LogP contribution < -0.4 is 0 Å². The Morgan fingerprint density at radius 1 is 0.517 bits per heavy atom. The van der Waals surface area contributed by atoms with Crippen molar-refractivity contribution in [3.05, 3.63) is 174 Å². The fraction of sp³-hybridized carbons (Fsp3) is 0.0196. The summed E-state index contributed by atoms with van der Waals surface area (Å²) in [7, 11) is 0. The second kappa shape index (κ2) is 12.1. The molecule has 0 saturated carbocycles. The van der Waals surface area contributed by atoms with E-state index in [1.807, 2.05) is 130 Å². The van der Waals surface area contributed by atoms with Gasteiger partial charge in [0.1, 0.15) is 22.3 Å². The number of benzene rings is 8. The van der Waals surface area contributed by atoms with Crippen LogP contribution in [0, 0.1) is 17.9 Å². The summed E-state index contributed by atoms with van der Waals surface area (Å²) in [4.78, 5) is 3.76. The number of hydrogen-bond donors (Lipinski definition) is 0. The minimum Gasteiger partial charge on any atom is -0.456 e. The topological polar surface area (TPSA) is 64.3 Å². The number of para-hydroxylation sites is 4. The van der Waals surface area contributed by atoms with Gasteiger partial charge in [-0.15, -0.1) is 0 Å². The van der Waals surface area contributed by atoms with E-state index in [0.29, 0.717) is 55.8 Å². The molecule has 12 aromatic rings. The Bertz CT molecular complexity index is 3710. The molecule has 0 unspecified atom stereocenters. The van der Waals surface area contributed by atoms with Crippen molar-refractivity contribution in [1.82, 2.24) is 9.13 Å². The molecule has 0 radical (unpaired) electrons. The van der Waals surface area contributed by atoms with Gasteiger partial charge >= 0.3 is 6.18 Å². The van der Waals surface area contributed by atoms with Crippen molar-refractivity contribution in [3.63, 3.8) is 0 Å². The molecule has 12 rings (SSSR count). The highest BCUT2D eigenvalue weighted by Crippen LogP contribution is 2.51. The molecule has 9 heteroatoms. The average Bonchev–Trinajstić information content (AvgIpc) is 4.02. The van der Waals surface area contributed by atoms with Gasteiger partial charge in [-0.05, 0) is 60.7 Å². The monoisotopic (exact) mass is 782 g/mol. The fourth-order valence-electron chi connectivity index (χ4n) is 9.45. The zero-order chi connectivity index (χ0) is 40.4. The Kier molecular flexibility index (Phi) is 6.84. The minimum absolute atomic E-state index is 0.132. The first-order valence-corrected chi connectivity index (χ1v) is 19.2. The van der Waals surface area contributed by atoms with Gasteiger partial charge in [-0.2, -0.15) is 18.4 Å². The number of furan rings is 2. The van der Waals surface area contributed by atoms with Crippen molar-refractivity contribution in [2.24, 2.45) is 0 Å². The molecule has 0 atom stereocenters. The Balaban J connectivity index is 1.38. The Labute approximate surface area is 337 Å². The second-order valence-corrected chi connectivity index (χ2v) is 14.9. The van der Waals surface area contributed by atoms with Gasteiger partial charge in [0.25, 0.3) is 0 Å². The summed E-state index contributed by atoms with van der Waals surface area (Å²) in [6.07, 6.45) is -4.86. The lowest BCUT2D eigenvalue weighted by Gasteiger charge is -2.24. The quantitative estimate of drug-likeness (QED) is 0.168. The fourth-order valence-corrected chi connectivity index (χ4v) is 9.45. The first-order chi connectivity index (χ1) is 29.3. The van der Waals surface area contributed by atoms with E-state index < -0.39 is 11.7 Å². The minimum atomic E-state index is -4.86. The van der Waals surface area contributed by atoms with Crippen molar-refractivity contribution >= 4 is 93.2 Å². The lowest BCUT2D eigenvalue weighted by Crippen LogP contribution is -2.11. The highest BCUT2D eigenvalue weighted by atomic mass is 19.4. The van der Waals surface area contributed by atoms with Gasteiger partial charge in [-0.3, -0.25) is 0 Å². The van der Waals surface area contributed by atoms with E-state index in [0.717, 1.165) is 49.2 Å². The number of fused-ring (bicyclic) bond motifs is 14. The van der Waals surface area contributed by atoms with Crippen molar-refractivity contribution in [3.8, 4) is 28.6 Å². The SMILES string of the molecule is [C-]#[N+]c1cccc(C(F)(F)F)c1-c1c(-n2c3ccccc3c3ccc4oc5ccccc5c4c32)cc(C#N)cc1-n1c2ccccc2c2ccc3oc4ccccc4c3c21. The van der Waals surface area contributed by atoms with E-state index in [2.05, 4.69) is 10.9 Å². The smallest absolute Gasteiger partial charge is 0.415 e. The Morgan fingerprint density at radius 2 is 1.00 bits per heavy atom. The van der Waals surface area contributed by atoms with Crippen LogP contribution in [-0.4, -0.2) is 9.13 Å². The van der Waals surface area contributed by atoms with Crippen LogP contribution in [0.4, 0.5) is 18.9 Å². The highest BCUT2D eigenvalue weighted by Gasteiger charge is 2.37. The number of aromatic nitrogens is 2. The van der Waals surface area contributed by atoms with E-state index in [1.165, 1.54) is 12.1 Å². The van der Waals surface area contributed by atoms with Gasteiger partial charge in [0, 0.05) is 43.4 Å². The summed E-state index contributed by atoms with van der Waals surface area (Å²) in [5, 5.41) is 17.5. The third-order valence-electron chi connectivity index (χ3n) is 11.8. The van der Waals surface area contributed by atoms with E-state index in [-0.39, 0.29) is 22.4 Å². The summed E-state index contributed by atoms with van der Waals surface area (Å²) in [6.45, 7) is 8.35. The highest BCUT2D eigenvalue weighted by molar-refractivity contribution is 6.26. The predicted octanol–water partition coefficient (Wildman–Crippen LogP) is 14.8. The summed E-state index contributed by atoms with van der Waals surface area (Å²) in [5.41, 5.74) is 4.79. The van der Waals surface area contributed by atoms with Crippen LogP contribution in [0.2, 0.25) is 0 Å². The van der Waals surface area contributed by atoms with Crippen LogP contribution in [0.1, 0.15) is 11.1 Å². The van der Waals surface area contributed by atoms with E-state index in [9.17, 15) is 5.26 Å². The first kappa shape index (κ1) is 33.8. The van der Waals surface area contributed by atoms with Crippen LogP contribution in [0.15, 0.2) is 160 Å². The Morgan fingerprint density at radius 3 is 1.48 bits per heavy atom. The number of hydrogen-bond acceptors (Lipinski definition) is 3. The predicted molar refractivity (Wildman–Crippen MR) is 231 cm³/mol. The van der Waals surface area contributed by atoms with Gasteiger partial charge < -0.3 is 18.0 Å². The summed E-state index contributed by atoms with van der Waals surface area (Å²) < 4.78 is 63.6. The molecular weight excluding hydrogens is 758 g/mol. The number of halogens is 3. The molecule has 0 aliphatic rings. The van der Waals surface area contributed by atoms with Crippen LogP contribution in [0.3, 0.4) is 0 Å². The molecule has 282 valence electrons. The number of nitrogens with zero attached hydrogens (tertiary/aromatic N) is 4. The maximum absolute atomic E-state index is 15.6. The van der Waals surface area contributed by atoms with Crippen molar-refractivity contribution < 1.29 is 22.0 Å². The molecule has 0 amide bonds. The molecule has 0 N–H and O–H groups in total. The summed E-state index contributed by atoms with van der Waals surface area (Å²) in [6, 6.07) is 47.9. The van der Waals surface area contributed by atoms with Crippen molar-refractivity contribution in [1.29, 1.82) is 5.26 Å². The van der Waals surface area contributed by atoms with Gasteiger partial charge in [0.05, 0.1) is 68.0 Å². The largest absolute Gasteiger partial charge is 0.456 e. The van der Waals surface area contributed by atoms with Crippen LogP contribution in [-0.2, 0) is 6.18 Å². The first-order valence-electron chi connectivity index (χ1n) is 19.2. The van der Waals surface area contributed by atoms with E-state index in [4.69, 9.17) is 15.4 Å². The van der Waals surface area contributed by atoms with Gasteiger partial charge in [0.2, 0.25) is 0 Å². The third kappa shape index (κ3) is 4.51. The maximum atomic E-state index is 15.6. The van der Waals surface area contributed by atoms with Gasteiger partial charge in [0.15, 0.2) is 5.69 Å². The summed E-state index contributed by atoms with van der Waals surface area (Å²) in [5.74, 6) is 0. The molecule has 60 heavy (non-hydrogen) atoms. The molecule has 0 saturated heterocycles. The van der Waals surface area contributed by atoms with E-state index >= 15 is 13.2 Å². The maximum Gasteiger partial charge on any atom is 0.415 e. The lowest BCUT2D eigenvalue weighted by atomic mass is 9.92. The lowest BCUT2D eigenvalue weighted by molar-refractivity contribution is -0.137. The van der Waals surface area contributed by atoms with Crippen molar-refractivity contribution in [2.45, 2.75) is 6.18 Å². The van der Waals surface area contributed by atoms with Crippen molar-refractivity contribution in [2.75, 3.05) is 0 Å². The molecule has 0 fully saturated rings. The van der Waals surface area contributed by atoms with E-state index in [1.54, 1.807) is 12.1 Å².